The standard InChI is InChI=1S/C13H25N3OS.HI/c1-17-12-4-2-11(3-5-12)10-15-13(14)16-6-8-18-9-7-16;/h11-12H,2-10H2,1H3,(H2,14,15);1H. The molecular formula is C13H26IN3OS. The zero-order chi connectivity index (χ0) is 12.8. The maximum Gasteiger partial charge on any atom is 0.191 e. The molecule has 2 rings (SSSR count). The number of halogens is 1. The Bertz CT molecular complexity index is 277. The summed E-state index contributed by atoms with van der Waals surface area (Å²) in [5.74, 6) is 3.81. The number of nitrogens with two attached hydrogens (primary N) is 1. The Morgan fingerprint density at radius 3 is 2.47 bits per heavy atom. The first-order chi connectivity index (χ1) is 8.79. The van der Waals surface area contributed by atoms with Crippen LogP contribution in [-0.4, -0.2) is 55.2 Å². The van der Waals surface area contributed by atoms with E-state index in [9.17, 15) is 0 Å². The van der Waals surface area contributed by atoms with Crippen molar-refractivity contribution >= 4 is 41.7 Å². The molecule has 19 heavy (non-hydrogen) atoms. The Morgan fingerprint density at radius 1 is 1.26 bits per heavy atom. The van der Waals surface area contributed by atoms with Gasteiger partial charge in [0.15, 0.2) is 5.96 Å². The number of ether oxygens (including phenoxy) is 1. The van der Waals surface area contributed by atoms with Crippen LogP contribution in [0, 0.1) is 5.92 Å². The minimum absolute atomic E-state index is 0. The van der Waals surface area contributed by atoms with Gasteiger partial charge < -0.3 is 15.4 Å². The van der Waals surface area contributed by atoms with E-state index in [1.54, 1.807) is 0 Å². The minimum Gasteiger partial charge on any atom is -0.381 e. The molecule has 1 saturated heterocycles. The number of guanidine groups is 1. The number of thioether (sulfide) groups is 1. The summed E-state index contributed by atoms with van der Waals surface area (Å²) in [6, 6.07) is 0. The highest BCUT2D eigenvalue weighted by molar-refractivity contribution is 14.0. The van der Waals surface area contributed by atoms with Crippen LogP contribution in [0.4, 0.5) is 0 Å². The second kappa shape index (κ2) is 9.28. The summed E-state index contributed by atoms with van der Waals surface area (Å²) in [4.78, 5) is 6.81. The molecule has 0 atom stereocenters. The van der Waals surface area contributed by atoms with E-state index in [2.05, 4.69) is 9.89 Å². The maximum absolute atomic E-state index is 6.06. The van der Waals surface area contributed by atoms with Crippen molar-refractivity contribution in [2.24, 2.45) is 16.6 Å². The molecule has 0 spiro atoms. The number of nitrogens with zero attached hydrogens (tertiary/aromatic N) is 2. The number of methoxy groups -OCH3 is 1. The van der Waals surface area contributed by atoms with Crippen molar-refractivity contribution in [3.05, 3.63) is 0 Å². The van der Waals surface area contributed by atoms with Gasteiger partial charge in [0.05, 0.1) is 6.10 Å². The lowest BCUT2D eigenvalue weighted by Gasteiger charge is -2.29. The third-order valence-electron chi connectivity index (χ3n) is 3.97. The molecule has 0 amide bonds. The van der Waals surface area contributed by atoms with Crippen LogP contribution in [-0.2, 0) is 4.74 Å². The van der Waals surface area contributed by atoms with E-state index in [0.29, 0.717) is 12.0 Å². The average molecular weight is 399 g/mol. The van der Waals surface area contributed by atoms with Gasteiger partial charge in [0.1, 0.15) is 0 Å². The second-order valence-electron chi connectivity index (χ2n) is 5.18. The smallest absolute Gasteiger partial charge is 0.191 e. The van der Waals surface area contributed by atoms with Gasteiger partial charge in [0.2, 0.25) is 0 Å². The molecule has 0 unspecified atom stereocenters. The quantitative estimate of drug-likeness (QED) is 0.449. The first-order valence-electron chi connectivity index (χ1n) is 6.95. The van der Waals surface area contributed by atoms with Crippen LogP contribution in [0.25, 0.3) is 0 Å². The molecule has 2 fully saturated rings. The first kappa shape index (κ1) is 17.4. The van der Waals surface area contributed by atoms with Crippen molar-refractivity contribution in [2.75, 3.05) is 38.2 Å². The van der Waals surface area contributed by atoms with E-state index < -0.39 is 0 Å². The highest BCUT2D eigenvalue weighted by Crippen LogP contribution is 2.26. The summed E-state index contributed by atoms with van der Waals surface area (Å²) in [6.07, 6.45) is 5.28. The minimum atomic E-state index is 0. The molecule has 1 aliphatic carbocycles. The number of rotatable bonds is 3. The van der Waals surface area contributed by atoms with Gasteiger partial charge in [-0.3, -0.25) is 4.99 Å². The van der Waals surface area contributed by atoms with Crippen molar-refractivity contribution in [3.8, 4) is 0 Å². The van der Waals surface area contributed by atoms with Crippen LogP contribution in [0.3, 0.4) is 0 Å². The summed E-state index contributed by atoms with van der Waals surface area (Å²) >= 11 is 2.00. The third kappa shape index (κ3) is 5.67. The van der Waals surface area contributed by atoms with Gasteiger partial charge in [-0.25, -0.2) is 0 Å². The fourth-order valence-corrected chi connectivity index (χ4v) is 3.57. The molecule has 0 radical (unpaired) electrons. The molecule has 6 heteroatoms. The summed E-state index contributed by atoms with van der Waals surface area (Å²) in [6.45, 7) is 3.00. The number of hydrogen-bond donors (Lipinski definition) is 1. The molecule has 2 aliphatic rings. The zero-order valence-electron chi connectivity index (χ0n) is 11.7. The summed E-state index contributed by atoms with van der Waals surface area (Å²) in [5, 5.41) is 0. The fraction of sp³-hybridized carbons (Fsp3) is 0.923. The van der Waals surface area contributed by atoms with Gasteiger partial charge >= 0.3 is 0 Å². The monoisotopic (exact) mass is 399 g/mol. The molecule has 112 valence electrons. The van der Waals surface area contributed by atoms with Gasteiger partial charge in [0.25, 0.3) is 0 Å². The lowest BCUT2D eigenvalue weighted by atomic mass is 9.87. The molecule has 0 aromatic heterocycles. The predicted molar refractivity (Wildman–Crippen MR) is 93.6 cm³/mol. The lowest BCUT2D eigenvalue weighted by Crippen LogP contribution is -2.43. The maximum atomic E-state index is 6.06. The molecule has 4 nitrogen and oxygen atoms in total. The van der Waals surface area contributed by atoms with Crippen LogP contribution >= 0.6 is 35.7 Å². The number of aliphatic imine (C=N–C) groups is 1. The largest absolute Gasteiger partial charge is 0.381 e. The first-order valence-corrected chi connectivity index (χ1v) is 8.10. The molecule has 0 bridgehead atoms. The van der Waals surface area contributed by atoms with Crippen LogP contribution in [0.1, 0.15) is 25.7 Å². The van der Waals surface area contributed by atoms with Crippen molar-refractivity contribution in [3.63, 3.8) is 0 Å². The van der Waals surface area contributed by atoms with Crippen LogP contribution in [0.15, 0.2) is 4.99 Å². The van der Waals surface area contributed by atoms with Crippen molar-refractivity contribution in [1.82, 2.24) is 4.90 Å². The highest BCUT2D eigenvalue weighted by atomic mass is 127. The van der Waals surface area contributed by atoms with Crippen LogP contribution in [0.2, 0.25) is 0 Å². The predicted octanol–water partition coefficient (Wildman–Crippen LogP) is 2.17. The van der Waals surface area contributed by atoms with Crippen LogP contribution < -0.4 is 5.73 Å². The highest BCUT2D eigenvalue weighted by Gasteiger charge is 2.21. The molecule has 2 N–H and O–H groups in total. The van der Waals surface area contributed by atoms with E-state index in [1.807, 2.05) is 18.9 Å². The van der Waals surface area contributed by atoms with E-state index in [1.165, 1.54) is 37.2 Å². The lowest BCUT2D eigenvalue weighted by molar-refractivity contribution is 0.0580. The molecule has 1 heterocycles. The normalized spacial score (nSPS) is 28.9. The topological polar surface area (TPSA) is 50.9 Å². The fourth-order valence-electron chi connectivity index (χ4n) is 2.67. The van der Waals surface area contributed by atoms with Gasteiger partial charge in [-0.1, -0.05) is 0 Å². The van der Waals surface area contributed by atoms with Crippen LogP contribution in [0.5, 0.6) is 0 Å². The molecule has 1 saturated carbocycles. The third-order valence-corrected chi connectivity index (χ3v) is 4.92. The molecule has 0 aromatic carbocycles. The Balaban J connectivity index is 0.00000180. The SMILES string of the molecule is COC1CCC(CN=C(N)N2CCSCC2)CC1.I. The average Bonchev–Trinajstić information content (AvgIpc) is 2.46. The summed E-state index contributed by atoms with van der Waals surface area (Å²) in [5.41, 5.74) is 6.06. The Kier molecular flexibility index (Phi) is 8.48. The van der Waals surface area contributed by atoms with E-state index in [4.69, 9.17) is 10.5 Å². The van der Waals surface area contributed by atoms with E-state index in [0.717, 1.165) is 25.6 Å². The summed E-state index contributed by atoms with van der Waals surface area (Å²) < 4.78 is 5.39. The van der Waals surface area contributed by atoms with Crippen molar-refractivity contribution in [2.45, 2.75) is 31.8 Å². The molecular weight excluding hydrogens is 373 g/mol. The van der Waals surface area contributed by atoms with Gasteiger partial charge in [0, 0.05) is 38.2 Å². The summed E-state index contributed by atoms with van der Waals surface area (Å²) in [7, 11) is 1.81. The Labute approximate surface area is 137 Å². The van der Waals surface area contributed by atoms with Gasteiger partial charge in [-0.2, -0.15) is 11.8 Å². The van der Waals surface area contributed by atoms with Crippen molar-refractivity contribution in [1.29, 1.82) is 0 Å². The second-order valence-corrected chi connectivity index (χ2v) is 6.40. The molecule has 1 aliphatic heterocycles. The Morgan fingerprint density at radius 2 is 1.89 bits per heavy atom. The van der Waals surface area contributed by atoms with Gasteiger partial charge in [-0.15, -0.1) is 24.0 Å². The van der Waals surface area contributed by atoms with E-state index >= 15 is 0 Å². The number of hydrogen-bond acceptors (Lipinski definition) is 3. The van der Waals surface area contributed by atoms with Crippen molar-refractivity contribution < 1.29 is 4.74 Å². The molecule has 0 aromatic rings. The van der Waals surface area contributed by atoms with E-state index in [-0.39, 0.29) is 24.0 Å². The Hall–Kier alpha value is 0.310. The zero-order valence-corrected chi connectivity index (χ0v) is 14.9. The van der Waals surface area contributed by atoms with Gasteiger partial charge in [-0.05, 0) is 31.6 Å².